The Morgan fingerprint density at radius 2 is 1.89 bits per heavy atom. The van der Waals surface area contributed by atoms with Crippen LogP contribution in [0.4, 0.5) is 0 Å². The van der Waals surface area contributed by atoms with Gasteiger partial charge in [-0.3, -0.25) is 14.5 Å². The lowest BCUT2D eigenvalue weighted by Crippen LogP contribution is -2.70. The van der Waals surface area contributed by atoms with E-state index in [0.29, 0.717) is 17.9 Å². The number of amides is 2. The van der Waals surface area contributed by atoms with Gasteiger partial charge in [0.2, 0.25) is 5.91 Å². The summed E-state index contributed by atoms with van der Waals surface area (Å²) in [7, 11) is 0. The number of rotatable bonds is 8. The lowest BCUT2D eigenvalue weighted by Gasteiger charge is -2.49. The summed E-state index contributed by atoms with van der Waals surface area (Å²) in [6, 6.07) is 19.1. The third-order valence-corrected chi connectivity index (χ3v) is 8.32. The molecule has 2 aliphatic rings. The predicted octanol–water partition coefficient (Wildman–Crippen LogP) is 3.21. The van der Waals surface area contributed by atoms with Gasteiger partial charge in [-0.15, -0.1) is 23.5 Å². The number of hydrogen-bond donors (Lipinski definition) is 2. The Hall–Kier alpha value is -3.56. The molecule has 7 nitrogen and oxygen atoms in total. The van der Waals surface area contributed by atoms with Crippen molar-refractivity contribution in [2.75, 3.05) is 11.5 Å². The van der Waals surface area contributed by atoms with Crippen LogP contribution in [0.1, 0.15) is 0 Å². The Morgan fingerprint density at radius 3 is 2.67 bits per heavy atom. The number of carbonyl (C=O) groups is 3. The molecule has 2 amide bonds. The molecule has 0 saturated carbocycles. The van der Waals surface area contributed by atoms with Crippen LogP contribution in [0.5, 0.6) is 0 Å². The third kappa shape index (κ3) is 5.03. The van der Waals surface area contributed by atoms with Crippen LogP contribution in [0.15, 0.2) is 101 Å². The smallest absolute Gasteiger partial charge is 0.352 e. The molecule has 182 valence electrons. The van der Waals surface area contributed by atoms with Gasteiger partial charge in [0.25, 0.3) is 5.91 Å². The molecule has 2 aliphatic heterocycles. The molecule has 0 spiro atoms. The summed E-state index contributed by atoms with van der Waals surface area (Å²) >= 11 is 2.87. The zero-order valence-corrected chi connectivity index (χ0v) is 20.9. The maximum Gasteiger partial charge on any atom is 0.352 e. The minimum atomic E-state index is -1.14. The maximum absolute atomic E-state index is 12.9. The van der Waals surface area contributed by atoms with Gasteiger partial charge in [0.15, 0.2) is 18.9 Å². The molecule has 1 saturated heterocycles. The van der Waals surface area contributed by atoms with Gasteiger partial charge in [-0.1, -0.05) is 42.5 Å². The number of carbonyl (C=O) groups excluding carboxylic acids is 2. The molecule has 3 aromatic rings. The van der Waals surface area contributed by atoms with Crippen molar-refractivity contribution >= 4 is 52.1 Å². The van der Waals surface area contributed by atoms with E-state index in [1.54, 1.807) is 6.08 Å². The van der Waals surface area contributed by atoms with E-state index in [2.05, 4.69) is 5.32 Å². The molecule has 2 aromatic carbocycles. The second-order valence-electron chi connectivity index (χ2n) is 8.41. The van der Waals surface area contributed by atoms with E-state index in [4.69, 9.17) is 0 Å². The third-order valence-electron chi connectivity index (χ3n) is 6.02. The number of nitrogens with zero attached hydrogens (tertiary/aromatic N) is 2. The standard InChI is InChI=1S/C27H23N3O4S2/c31-22(17-35-21-11-10-18-7-2-3-8-19(18)15-21)28-23-25(32)30-24(27(33)34)20(16-36-26(23)30)9-6-14-29-12-4-1-5-13-29/h1-13,15,23,26H,14,16-17H2,(H-,28,31,33,34)/p+1/t23-,26-/m1/s1. The molecule has 2 N–H and O–H groups in total. The van der Waals surface area contributed by atoms with E-state index in [9.17, 15) is 19.5 Å². The van der Waals surface area contributed by atoms with Crippen molar-refractivity contribution in [2.24, 2.45) is 0 Å². The summed E-state index contributed by atoms with van der Waals surface area (Å²) in [4.78, 5) is 39.8. The molecule has 0 unspecified atom stereocenters. The molecule has 0 aliphatic carbocycles. The van der Waals surface area contributed by atoms with Gasteiger partial charge in [-0.2, -0.15) is 0 Å². The van der Waals surface area contributed by atoms with Crippen molar-refractivity contribution in [3.8, 4) is 0 Å². The van der Waals surface area contributed by atoms with Gasteiger partial charge in [-0.05, 0) is 34.6 Å². The lowest BCUT2D eigenvalue weighted by molar-refractivity contribution is -0.687. The SMILES string of the molecule is O=C(CSc1ccc2ccccc2c1)N[C@@H]1C(=O)N2C(C(=O)O)=C(C=CC[n+]3ccccc3)CS[C@H]12. The molecule has 0 bridgehead atoms. The minimum absolute atomic E-state index is 0.00546. The van der Waals surface area contributed by atoms with Crippen LogP contribution >= 0.6 is 23.5 Å². The highest BCUT2D eigenvalue weighted by atomic mass is 32.2. The minimum Gasteiger partial charge on any atom is -0.477 e. The normalized spacial score (nSPS) is 19.3. The molecular formula is C27H24N3O4S2+. The van der Waals surface area contributed by atoms with Gasteiger partial charge >= 0.3 is 5.97 Å². The summed E-state index contributed by atoms with van der Waals surface area (Å²) in [5, 5.41) is 14.5. The number of benzene rings is 2. The second-order valence-corrected chi connectivity index (χ2v) is 10.6. The quantitative estimate of drug-likeness (QED) is 0.270. The number of carboxylic acids is 1. The fourth-order valence-electron chi connectivity index (χ4n) is 4.26. The average Bonchev–Trinajstić information content (AvgIpc) is 2.90. The first-order valence-electron chi connectivity index (χ1n) is 11.4. The molecule has 3 heterocycles. The fourth-order valence-corrected chi connectivity index (χ4v) is 6.34. The Morgan fingerprint density at radius 1 is 1.11 bits per heavy atom. The Kier molecular flexibility index (Phi) is 7.11. The number of β-lactam (4-membered cyclic amide) rings is 1. The number of nitrogens with one attached hydrogen (secondary N) is 1. The van der Waals surface area contributed by atoms with Gasteiger partial charge in [0.05, 0.1) is 5.75 Å². The summed E-state index contributed by atoms with van der Waals surface area (Å²) in [6.07, 6.45) is 7.50. The second kappa shape index (κ2) is 10.6. The zero-order valence-electron chi connectivity index (χ0n) is 19.2. The number of hydrogen-bond acceptors (Lipinski definition) is 5. The van der Waals surface area contributed by atoms with E-state index in [0.717, 1.165) is 15.7 Å². The Bertz CT molecular complexity index is 1390. The van der Waals surface area contributed by atoms with Crippen molar-refractivity contribution in [3.05, 3.63) is 96.5 Å². The highest BCUT2D eigenvalue weighted by molar-refractivity contribution is 8.00. The average molecular weight is 519 g/mol. The van der Waals surface area contributed by atoms with E-state index in [-0.39, 0.29) is 17.4 Å². The van der Waals surface area contributed by atoms with Crippen molar-refractivity contribution in [3.63, 3.8) is 0 Å². The molecular weight excluding hydrogens is 494 g/mol. The largest absolute Gasteiger partial charge is 0.477 e. The van der Waals surface area contributed by atoms with Crippen LogP contribution in [0.25, 0.3) is 10.8 Å². The molecule has 0 radical (unpaired) electrons. The first-order valence-corrected chi connectivity index (χ1v) is 13.5. The number of thioether (sulfide) groups is 2. The highest BCUT2D eigenvalue weighted by Crippen LogP contribution is 2.40. The molecule has 1 fully saturated rings. The molecule has 1 aromatic heterocycles. The van der Waals surface area contributed by atoms with Crippen molar-refractivity contribution in [1.29, 1.82) is 0 Å². The van der Waals surface area contributed by atoms with Crippen LogP contribution in [0, 0.1) is 0 Å². The first kappa shape index (κ1) is 24.1. The first-order chi connectivity index (χ1) is 17.5. The molecule has 2 atom stereocenters. The van der Waals surface area contributed by atoms with Crippen LogP contribution in [0.2, 0.25) is 0 Å². The fraction of sp³-hybridized carbons (Fsp3) is 0.185. The van der Waals surface area contributed by atoms with Gasteiger partial charge in [-0.25, -0.2) is 9.36 Å². The Balaban J connectivity index is 1.21. The number of fused-ring (bicyclic) bond motifs is 2. The van der Waals surface area contributed by atoms with Crippen LogP contribution in [-0.2, 0) is 20.9 Å². The highest BCUT2D eigenvalue weighted by Gasteiger charge is 2.53. The molecule has 5 rings (SSSR count). The zero-order chi connectivity index (χ0) is 25.1. The van der Waals surface area contributed by atoms with Crippen molar-refractivity contribution in [1.82, 2.24) is 10.2 Å². The number of allylic oxidation sites excluding steroid dienone is 2. The number of aromatic nitrogens is 1. The van der Waals surface area contributed by atoms with Gasteiger partial charge in [0.1, 0.15) is 17.1 Å². The van der Waals surface area contributed by atoms with Crippen molar-refractivity contribution < 1.29 is 24.1 Å². The van der Waals surface area contributed by atoms with E-state index in [1.807, 2.05) is 83.7 Å². The van der Waals surface area contributed by atoms with E-state index in [1.165, 1.54) is 28.4 Å². The van der Waals surface area contributed by atoms with Crippen LogP contribution in [0.3, 0.4) is 0 Å². The maximum atomic E-state index is 12.9. The van der Waals surface area contributed by atoms with E-state index >= 15 is 0 Å². The summed E-state index contributed by atoms with van der Waals surface area (Å²) in [6.45, 7) is 0.590. The lowest BCUT2D eigenvalue weighted by atomic mass is 10.0. The number of pyridine rings is 1. The topological polar surface area (TPSA) is 90.6 Å². The van der Waals surface area contributed by atoms with E-state index < -0.39 is 23.3 Å². The van der Waals surface area contributed by atoms with Gasteiger partial charge < -0.3 is 10.4 Å². The molecule has 36 heavy (non-hydrogen) atoms. The van der Waals surface area contributed by atoms with Crippen molar-refractivity contribution in [2.45, 2.75) is 22.9 Å². The summed E-state index contributed by atoms with van der Waals surface area (Å²) in [5.74, 6) is -1.16. The summed E-state index contributed by atoms with van der Waals surface area (Å²) < 4.78 is 1.96. The van der Waals surface area contributed by atoms with Gasteiger partial charge in [0, 0.05) is 22.8 Å². The van der Waals surface area contributed by atoms with Crippen LogP contribution < -0.4 is 9.88 Å². The monoisotopic (exact) mass is 518 g/mol. The molecule has 9 heteroatoms. The number of aliphatic carboxylic acids is 1. The summed E-state index contributed by atoms with van der Waals surface area (Å²) in [5.41, 5.74) is 0.583. The predicted molar refractivity (Wildman–Crippen MR) is 140 cm³/mol. The Labute approximate surface area is 216 Å². The number of carboxylic acid groups (broad SMARTS) is 1. The van der Waals surface area contributed by atoms with Crippen LogP contribution in [-0.4, -0.2) is 50.7 Å².